The van der Waals surface area contributed by atoms with Gasteiger partial charge >= 0.3 is 6.09 Å². The van der Waals surface area contributed by atoms with Gasteiger partial charge in [-0.25, -0.2) is 10.2 Å². The van der Waals surface area contributed by atoms with Crippen molar-refractivity contribution in [2.24, 2.45) is 5.10 Å². The van der Waals surface area contributed by atoms with Crippen molar-refractivity contribution in [3.8, 4) is 0 Å². The lowest BCUT2D eigenvalue weighted by atomic mass is 10.2. The third kappa shape index (κ3) is 5.65. The van der Waals surface area contributed by atoms with Gasteiger partial charge in [0.25, 0.3) is 0 Å². The normalized spacial score (nSPS) is 11.5. The number of rotatable bonds is 2. The van der Waals surface area contributed by atoms with Crippen molar-refractivity contribution in [2.75, 3.05) is 0 Å². The molecule has 1 aromatic heterocycles. The minimum atomic E-state index is -0.582. The van der Waals surface area contributed by atoms with Gasteiger partial charge in [-0.2, -0.15) is 5.10 Å². The molecule has 0 saturated heterocycles. The fraction of sp³-hybridized carbons (Fsp3) is 0.417. The molecule has 1 heterocycles. The maximum atomic E-state index is 11.2. The fourth-order valence-electron chi connectivity index (χ4n) is 1.09. The monoisotopic (exact) mass is 235 g/mol. The highest BCUT2D eigenvalue weighted by atomic mass is 16.6. The van der Waals surface area contributed by atoms with E-state index in [9.17, 15) is 4.79 Å². The maximum absolute atomic E-state index is 11.2. The molecule has 0 aliphatic rings. The number of amides is 1. The summed E-state index contributed by atoms with van der Waals surface area (Å²) in [5.74, 6) is 0. The lowest BCUT2D eigenvalue weighted by Gasteiger charge is -2.18. The van der Waals surface area contributed by atoms with Crippen LogP contribution in [0, 0.1) is 6.92 Å². The van der Waals surface area contributed by atoms with Crippen LogP contribution in [-0.2, 0) is 4.74 Å². The SMILES string of the molecule is Cc1cccc(/C=N/NC(=O)OC(C)(C)C)n1. The molecule has 0 aliphatic carbocycles. The summed E-state index contributed by atoms with van der Waals surface area (Å²) in [7, 11) is 0. The van der Waals surface area contributed by atoms with Crippen molar-refractivity contribution in [2.45, 2.75) is 33.3 Å². The average molecular weight is 235 g/mol. The van der Waals surface area contributed by atoms with Gasteiger partial charge in [0.1, 0.15) is 5.60 Å². The Morgan fingerprint density at radius 1 is 1.47 bits per heavy atom. The van der Waals surface area contributed by atoms with E-state index in [1.807, 2.05) is 19.1 Å². The smallest absolute Gasteiger partial charge is 0.428 e. The zero-order valence-electron chi connectivity index (χ0n) is 10.5. The van der Waals surface area contributed by atoms with Gasteiger partial charge in [0.05, 0.1) is 11.9 Å². The van der Waals surface area contributed by atoms with Crippen molar-refractivity contribution >= 4 is 12.3 Å². The van der Waals surface area contributed by atoms with Crippen molar-refractivity contribution in [3.63, 3.8) is 0 Å². The Balaban J connectivity index is 2.48. The Hall–Kier alpha value is -1.91. The first-order valence-corrected chi connectivity index (χ1v) is 5.32. The summed E-state index contributed by atoms with van der Waals surface area (Å²) >= 11 is 0. The number of aryl methyl sites for hydroxylation is 1. The first-order valence-electron chi connectivity index (χ1n) is 5.32. The number of carbonyl (C=O) groups excluding carboxylic acids is 1. The van der Waals surface area contributed by atoms with Crippen molar-refractivity contribution in [3.05, 3.63) is 29.6 Å². The number of ether oxygens (including phenoxy) is 1. The summed E-state index contributed by atoms with van der Waals surface area (Å²) in [5, 5.41) is 3.75. The lowest BCUT2D eigenvalue weighted by molar-refractivity contribution is 0.0529. The van der Waals surface area contributed by atoms with Gasteiger partial charge in [-0.3, -0.25) is 4.98 Å². The summed E-state index contributed by atoms with van der Waals surface area (Å²) in [6.07, 6.45) is 0.887. The van der Waals surface area contributed by atoms with Gasteiger partial charge in [0, 0.05) is 5.69 Å². The molecule has 1 amide bonds. The zero-order valence-corrected chi connectivity index (χ0v) is 10.5. The molecule has 0 radical (unpaired) electrons. The minimum absolute atomic E-state index is 0.527. The Labute approximate surface area is 101 Å². The van der Waals surface area contributed by atoms with Gasteiger partial charge in [0.2, 0.25) is 0 Å². The minimum Gasteiger partial charge on any atom is -0.443 e. The number of nitrogens with one attached hydrogen (secondary N) is 1. The average Bonchev–Trinajstić information content (AvgIpc) is 2.14. The summed E-state index contributed by atoms with van der Waals surface area (Å²) in [4.78, 5) is 15.5. The van der Waals surface area contributed by atoms with E-state index in [1.165, 1.54) is 6.21 Å². The number of pyridine rings is 1. The maximum Gasteiger partial charge on any atom is 0.428 e. The molecule has 5 heteroatoms. The van der Waals surface area contributed by atoms with Crippen LogP contribution in [0.1, 0.15) is 32.2 Å². The molecule has 1 N–H and O–H groups in total. The van der Waals surface area contributed by atoms with E-state index in [0.717, 1.165) is 5.69 Å². The number of hydrazone groups is 1. The Kier molecular flexibility index (Phi) is 4.20. The highest BCUT2D eigenvalue weighted by Crippen LogP contribution is 2.06. The second kappa shape index (κ2) is 5.43. The van der Waals surface area contributed by atoms with E-state index in [4.69, 9.17) is 4.74 Å². The van der Waals surface area contributed by atoms with Gasteiger partial charge in [0.15, 0.2) is 0 Å². The van der Waals surface area contributed by atoms with Crippen molar-refractivity contribution in [1.82, 2.24) is 10.4 Å². The van der Waals surface area contributed by atoms with Crippen LogP contribution in [0.25, 0.3) is 0 Å². The van der Waals surface area contributed by atoms with E-state index in [1.54, 1.807) is 26.8 Å². The van der Waals surface area contributed by atoms with E-state index in [-0.39, 0.29) is 0 Å². The topological polar surface area (TPSA) is 63.6 Å². The fourth-order valence-corrected chi connectivity index (χ4v) is 1.09. The molecule has 1 aromatic rings. The zero-order chi connectivity index (χ0) is 12.9. The first kappa shape index (κ1) is 13.2. The molecule has 0 fully saturated rings. The predicted molar refractivity (Wildman–Crippen MR) is 65.9 cm³/mol. The molecule has 92 valence electrons. The lowest BCUT2D eigenvalue weighted by Crippen LogP contribution is -2.29. The molecule has 0 unspecified atom stereocenters. The molecule has 0 aromatic carbocycles. The highest BCUT2D eigenvalue weighted by molar-refractivity contribution is 5.78. The molecule has 17 heavy (non-hydrogen) atoms. The molecule has 5 nitrogen and oxygen atoms in total. The number of nitrogens with zero attached hydrogens (tertiary/aromatic N) is 2. The Morgan fingerprint density at radius 2 is 2.18 bits per heavy atom. The van der Waals surface area contributed by atoms with Crippen molar-refractivity contribution in [1.29, 1.82) is 0 Å². The molecule has 0 bridgehead atoms. The van der Waals surface area contributed by atoms with E-state index >= 15 is 0 Å². The van der Waals surface area contributed by atoms with Crippen LogP contribution in [-0.4, -0.2) is 22.9 Å². The Morgan fingerprint density at radius 3 is 2.76 bits per heavy atom. The number of hydrogen-bond acceptors (Lipinski definition) is 4. The van der Waals surface area contributed by atoms with Gasteiger partial charge in [-0.15, -0.1) is 0 Å². The standard InChI is InChI=1S/C12H17N3O2/c1-9-6-5-7-10(14-9)8-13-15-11(16)17-12(2,3)4/h5-8H,1-4H3,(H,15,16)/b13-8+. The third-order valence-corrected chi connectivity index (χ3v) is 1.66. The summed E-state index contributed by atoms with van der Waals surface area (Å²) in [6.45, 7) is 7.26. The second-order valence-corrected chi connectivity index (χ2v) is 4.58. The third-order valence-electron chi connectivity index (χ3n) is 1.66. The molecule has 0 spiro atoms. The highest BCUT2D eigenvalue weighted by Gasteiger charge is 2.15. The van der Waals surface area contributed by atoms with Crippen LogP contribution < -0.4 is 5.43 Å². The van der Waals surface area contributed by atoms with Crippen molar-refractivity contribution < 1.29 is 9.53 Å². The van der Waals surface area contributed by atoms with E-state index < -0.39 is 11.7 Å². The summed E-state index contributed by atoms with van der Waals surface area (Å²) in [6, 6.07) is 5.56. The molecule has 0 aliphatic heterocycles. The predicted octanol–water partition coefficient (Wildman–Crippen LogP) is 2.25. The van der Waals surface area contributed by atoms with Crippen LogP contribution in [0.5, 0.6) is 0 Å². The molecular weight excluding hydrogens is 218 g/mol. The van der Waals surface area contributed by atoms with Crippen LogP contribution in [0.3, 0.4) is 0 Å². The molecule has 0 saturated carbocycles. The molecule has 0 atom stereocenters. The summed E-state index contributed by atoms with van der Waals surface area (Å²) < 4.78 is 5.02. The number of carbonyl (C=O) groups is 1. The van der Waals surface area contributed by atoms with Crippen LogP contribution in [0.15, 0.2) is 23.3 Å². The van der Waals surface area contributed by atoms with Crippen LogP contribution in [0.4, 0.5) is 4.79 Å². The Bertz CT molecular complexity index is 422. The number of hydrogen-bond donors (Lipinski definition) is 1. The van der Waals surface area contributed by atoms with Crippen LogP contribution >= 0.6 is 0 Å². The van der Waals surface area contributed by atoms with Gasteiger partial charge < -0.3 is 4.74 Å². The van der Waals surface area contributed by atoms with Gasteiger partial charge in [-0.05, 0) is 39.8 Å². The number of aromatic nitrogens is 1. The largest absolute Gasteiger partial charge is 0.443 e. The van der Waals surface area contributed by atoms with Crippen LogP contribution in [0.2, 0.25) is 0 Å². The summed E-state index contributed by atoms with van der Waals surface area (Å²) in [5.41, 5.74) is 3.33. The van der Waals surface area contributed by atoms with E-state index in [0.29, 0.717) is 5.69 Å². The molecule has 1 rings (SSSR count). The van der Waals surface area contributed by atoms with E-state index in [2.05, 4.69) is 15.5 Å². The first-order chi connectivity index (χ1) is 7.87. The van der Waals surface area contributed by atoms with Gasteiger partial charge in [-0.1, -0.05) is 6.07 Å². The quantitative estimate of drug-likeness (QED) is 0.631. The second-order valence-electron chi connectivity index (χ2n) is 4.58. The molecular formula is C12H17N3O2.